The molecular weight excluding hydrogens is 404 g/mol. The van der Waals surface area contributed by atoms with Gasteiger partial charge in [0.15, 0.2) is 0 Å². The summed E-state index contributed by atoms with van der Waals surface area (Å²) in [6.07, 6.45) is 0. The second kappa shape index (κ2) is 7.61. The highest BCUT2D eigenvalue weighted by atomic mass is 35.5. The molecule has 1 amide bonds. The van der Waals surface area contributed by atoms with Gasteiger partial charge >= 0.3 is 5.69 Å². The first-order chi connectivity index (χ1) is 14.3. The summed E-state index contributed by atoms with van der Waals surface area (Å²) in [7, 11) is 2.87. The number of anilines is 1. The minimum Gasteiger partial charge on any atom is -0.308 e. The van der Waals surface area contributed by atoms with E-state index in [2.05, 4.69) is 10.3 Å². The summed E-state index contributed by atoms with van der Waals surface area (Å²) in [5.74, 6) is -0.339. The van der Waals surface area contributed by atoms with Crippen molar-refractivity contribution < 1.29 is 4.79 Å². The van der Waals surface area contributed by atoms with Gasteiger partial charge in [0.2, 0.25) is 0 Å². The third-order valence-electron chi connectivity index (χ3n) is 4.87. The van der Waals surface area contributed by atoms with Gasteiger partial charge in [0.1, 0.15) is 5.82 Å². The van der Waals surface area contributed by atoms with Crippen molar-refractivity contribution in [1.29, 1.82) is 0 Å². The minimum absolute atomic E-state index is 0.113. The van der Waals surface area contributed by atoms with E-state index >= 15 is 0 Å². The lowest BCUT2D eigenvalue weighted by Crippen LogP contribution is -2.38. The number of amides is 1. The van der Waals surface area contributed by atoms with Crippen LogP contribution in [-0.2, 0) is 14.1 Å². The number of nitrogens with zero attached hydrogens (tertiary/aromatic N) is 3. The van der Waals surface area contributed by atoms with E-state index in [1.54, 1.807) is 24.3 Å². The van der Waals surface area contributed by atoms with Crippen LogP contribution in [0, 0.1) is 0 Å². The number of benzene rings is 2. The maximum atomic E-state index is 13.1. The summed E-state index contributed by atoms with van der Waals surface area (Å²) in [6.45, 7) is 0. The highest BCUT2D eigenvalue weighted by Gasteiger charge is 2.16. The number of halogens is 1. The Morgan fingerprint density at radius 3 is 2.40 bits per heavy atom. The Balaban J connectivity index is 1.84. The van der Waals surface area contributed by atoms with Crippen LogP contribution in [0.15, 0.2) is 70.3 Å². The summed E-state index contributed by atoms with van der Waals surface area (Å²) >= 11 is 5.98. The zero-order valence-electron chi connectivity index (χ0n) is 16.2. The lowest BCUT2D eigenvalue weighted by Gasteiger charge is -2.13. The molecule has 2 heterocycles. The Morgan fingerprint density at radius 1 is 0.967 bits per heavy atom. The number of nitrogens with one attached hydrogen (secondary N) is 1. The van der Waals surface area contributed by atoms with E-state index in [4.69, 9.17) is 11.6 Å². The Hall–Kier alpha value is -3.71. The van der Waals surface area contributed by atoms with Crippen LogP contribution in [0.5, 0.6) is 0 Å². The molecule has 0 saturated carbocycles. The van der Waals surface area contributed by atoms with Crippen molar-refractivity contribution in [3.05, 3.63) is 92.1 Å². The zero-order chi connectivity index (χ0) is 21.4. The quantitative estimate of drug-likeness (QED) is 0.551. The number of aromatic nitrogens is 3. The van der Waals surface area contributed by atoms with E-state index in [1.165, 1.54) is 24.7 Å². The third-order valence-corrected chi connectivity index (χ3v) is 5.12. The third kappa shape index (κ3) is 3.51. The van der Waals surface area contributed by atoms with E-state index in [9.17, 15) is 14.4 Å². The van der Waals surface area contributed by atoms with Gasteiger partial charge in [-0.25, -0.2) is 9.78 Å². The van der Waals surface area contributed by atoms with E-state index in [0.29, 0.717) is 27.2 Å². The smallest absolute Gasteiger partial charge is 0.308 e. The van der Waals surface area contributed by atoms with Crippen LogP contribution in [0.2, 0.25) is 5.02 Å². The highest BCUT2D eigenvalue weighted by Crippen LogP contribution is 2.26. The van der Waals surface area contributed by atoms with Gasteiger partial charge in [0.25, 0.3) is 11.5 Å². The van der Waals surface area contributed by atoms with Crippen molar-refractivity contribution in [2.24, 2.45) is 14.1 Å². The Kier molecular flexibility index (Phi) is 4.97. The summed E-state index contributed by atoms with van der Waals surface area (Å²) in [5.41, 5.74) is 1.40. The molecule has 0 spiro atoms. The number of carbonyl (C=O) groups is 1. The summed E-state index contributed by atoms with van der Waals surface area (Å²) in [5, 5.41) is 3.93. The molecule has 2 aromatic heterocycles. The maximum absolute atomic E-state index is 13.1. The molecule has 1 N–H and O–H groups in total. The fourth-order valence-corrected chi connectivity index (χ4v) is 3.29. The first kappa shape index (κ1) is 19.6. The molecule has 30 heavy (non-hydrogen) atoms. The molecule has 0 unspecified atom stereocenters. The first-order valence-electron chi connectivity index (χ1n) is 9.09. The molecular formula is C22H17ClN4O3. The second-order valence-electron chi connectivity index (χ2n) is 6.80. The van der Waals surface area contributed by atoms with Gasteiger partial charge < -0.3 is 5.32 Å². The molecule has 0 bridgehead atoms. The number of fused-ring (bicyclic) bond motifs is 1. The largest absolute Gasteiger partial charge is 0.332 e. The number of rotatable bonds is 3. The van der Waals surface area contributed by atoms with Gasteiger partial charge in [0.05, 0.1) is 16.8 Å². The van der Waals surface area contributed by atoms with Crippen molar-refractivity contribution in [3.63, 3.8) is 0 Å². The average Bonchev–Trinajstić information content (AvgIpc) is 2.75. The molecule has 0 aliphatic carbocycles. The molecule has 0 aliphatic heterocycles. The Morgan fingerprint density at radius 2 is 1.67 bits per heavy atom. The molecule has 0 fully saturated rings. The SMILES string of the molecule is Cn1c(NC(=O)c2cc(-c3ccc(Cl)cc3)nc3ccccc23)cc(=O)n(C)c1=O. The van der Waals surface area contributed by atoms with Crippen LogP contribution in [0.1, 0.15) is 10.4 Å². The van der Waals surface area contributed by atoms with Gasteiger partial charge in [-0.3, -0.25) is 18.7 Å². The monoisotopic (exact) mass is 420 g/mol. The van der Waals surface area contributed by atoms with Crippen LogP contribution in [0.3, 0.4) is 0 Å². The van der Waals surface area contributed by atoms with Crippen molar-refractivity contribution in [2.75, 3.05) is 5.32 Å². The predicted octanol–water partition coefficient (Wildman–Crippen LogP) is 3.20. The number of carbonyl (C=O) groups excluding carboxylic acids is 1. The molecule has 8 heteroatoms. The van der Waals surface area contributed by atoms with Gasteiger partial charge in [-0.1, -0.05) is 41.9 Å². The zero-order valence-corrected chi connectivity index (χ0v) is 17.0. The van der Waals surface area contributed by atoms with Crippen LogP contribution in [-0.4, -0.2) is 20.0 Å². The number of para-hydroxylation sites is 1. The molecule has 0 atom stereocenters. The summed E-state index contributed by atoms with van der Waals surface area (Å²) in [4.78, 5) is 41.9. The molecule has 4 rings (SSSR count). The van der Waals surface area contributed by atoms with E-state index in [0.717, 1.165) is 10.1 Å². The van der Waals surface area contributed by atoms with Crippen LogP contribution < -0.4 is 16.6 Å². The lowest BCUT2D eigenvalue weighted by molar-refractivity contribution is 0.102. The molecule has 150 valence electrons. The molecule has 4 aromatic rings. The normalized spacial score (nSPS) is 10.9. The minimum atomic E-state index is -0.528. The fraction of sp³-hybridized carbons (Fsp3) is 0.0909. The summed E-state index contributed by atoms with van der Waals surface area (Å²) in [6, 6.07) is 17.3. The molecule has 0 radical (unpaired) electrons. The molecule has 0 saturated heterocycles. The van der Waals surface area contributed by atoms with E-state index in [-0.39, 0.29) is 5.82 Å². The lowest BCUT2D eigenvalue weighted by atomic mass is 10.0. The fourth-order valence-electron chi connectivity index (χ4n) is 3.17. The highest BCUT2D eigenvalue weighted by molar-refractivity contribution is 6.30. The second-order valence-corrected chi connectivity index (χ2v) is 7.24. The van der Waals surface area contributed by atoms with Gasteiger partial charge in [0, 0.05) is 36.1 Å². The van der Waals surface area contributed by atoms with Gasteiger partial charge in [-0.15, -0.1) is 0 Å². The maximum Gasteiger partial charge on any atom is 0.332 e. The summed E-state index contributed by atoms with van der Waals surface area (Å²) < 4.78 is 2.18. The number of hydrogen-bond donors (Lipinski definition) is 1. The molecule has 2 aromatic carbocycles. The molecule has 7 nitrogen and oxygen atoms in total. The van der Waals surface area contributed by atoms with Crippen LogP contribution >= 0.6 is 11.6 Å². The van der Waals surface area contributed by atoms with Crippen molar-refractivity contribution in [3.8, 4) is 11.3 Å². The van der Waals surface area contributed by atoms with Crippen molar-refractivity contribution >= 4 is 34.2 Å². The number of hydrogen-bond acceptors (Lipinski definition) is 4. The number of pyridine rings is 1. The standard InChI is InChI=1S/C22H17ClN4O3/c1-26-19(12-20(28)27(2)22(26)30)25-21(29)16-11-18(13-7-9-14(23)10-8-13)24-17-6-4-3-5-15(16)17/h3-12H,1-2H3,(H,25,29). The molecule has 0 aliphatic rings. The van der Waals surface area contributed by atoms with E-state index < -0.39 is 17.2 Å². The van der Waals surface area contributed by atoms with Crippen molar-refractivity contribution in [2.45, 2.75) is 0 Å². The topological polar surface area (TPSA) is 86.0 Å². The first-order valence-corrected chi connectivity index (χ1v) is 9.47. The van der Waals surface area contributed by atoms with Crippen LogP contribution in [0.25, 0.3) is 22.2 Å². The van der Waals surface area contributed by atoms with Crippen molar-refractivity contribution in [1.82, 2.24) is 14.1 Å². The average molecular weight is 421 g/mol. The van der Waals surface area contributed by atoms with Gasteiger partial charge in [-0.05, 0) is 24.3 Å². The van der Waals surface area contributed by atoms with E-state index in [1.807, 2.05) is 30.3 Å². The predicted molar refractivity (Wildman–Crippen MR) is 117 cm³/mol. The Bertz CT molecular complexity index is 1410. The van der Waals surface area contributed by atoms with Crippen LogP contribution in [0.4, 0.5) is 5.82 Å². The Labute approximate surface area is 176 Å². The van der Waals surface area contributed by atoms with Gasteiger partial charge in [-0.2, -0.15) is 0 Å².